The lowest BCUT2D eigenvalue weighted by Crippen LogP contribution is -2.46. The Morgan fingerprint density at radius 3 is 2.43 bits per heavy atom. The van der Waals surface area contributed by atoms with E-state index in [2.05, 4.69) is 31.3 Å². The molecule has 0 spiro atoms. The fraction of sp³-hybridized carbons (Fsp3) is 0.588. The van der Waals surface area contributed by atoms with Gasteiger partial charge in [-0.25, -0.2) is 0 Å². The third-order valence-electron chi connectivity index (χ3n) is 4.19. The van der Waals surface area contributed by atoms with Crippen LogP contribution in [0.4, 0.5) is 0 Å². The molecule has 1 aliphatic heterocycles. The van der Waals surface area contributed by atoms with Gasteiger partial charge >= 0.3 is 0 Å². The number of hydrogen-bond donors (Lipinski definition) is 1. The van der Waals surface area contributed by atoms with Gasteiger partial charge < -0.3 is 15.0 Å². The first-order chi connectivity index (χ1) is 10.1. The van der Waals surface area contributed by atoms with Crippen molar-refractivity contribution in [2.45, 2.75) is 33.1 Å². The summed E-state index contributed by atoms with van der Waals surface area (Å²) in [7, 11) is 1.69. The summed E-state index contributed by atoms with van der Waals surface area (Å²) in [6.45, 7) is 7.76. The fourth-order valence-electron chi connectivity index (χ4n) is 2.95. The third-order valence-corrected chi connectivity index (χ3v) is 4.19. The first kappa shape index (κ1) is 15.8. The molecule has 1 heterocycles. The summed E-state index contributed by atoms with van der Waals surface area (Å²) in [5, 5.41) is 3.27. The van der Waals surface area contributed by atoms with Crippen LogP contribution in [-0.4, -0.2) is 44.1 Å². The minimum absolute atomic E-state index is 0.292. The van der Waals surface area contributed by atoms with Gasteiger partial charge in [0.15, 0.2) is 0 Å². The molecule has 0 radical (unpaired) electrons. The summed E-state index contributed by atoms with van der Waals surface area (Å²) in [5.74, 6) is 1.20. The van der Waals surface area contributed by atoms with Crippen molar-refractivity contribution in [2.75, 3.05) is 33.3 Å². The molecule has 1 aromatic rings. The largest absolute Gasteiger partial charge is 0.497 e. The number of aryl methyl sites for hydroxylation is 2. The maximum absolute atomic E-state index is 12.1. The normalized spacial score (nSPS) is 15.1. The van der Waals surface area contributed by atoms with Gasteiger partial charge in [0.25, 0.3) is 0 Å². The van der Waals surface area contributed by atoms with Crippen molar-refractivity contribution in [1.29, 1.82) is 0 Å². The summed E-state index contributed by atoms with van der Waals surface area (Å²) in [6, 6.07) is 4.14. The molecule has 1 fully saturated rings. The van der Waals surface area contributed by atoms with Crippen molar-refractivity contribution in [2.24, 2.45) is 0 Å². The van der Waals surface area contributed by atoms with Gasteiger partial charge in [-0.05, 0) is 55.5 Å². The van der Waals surface area contributed by atoms with Gasteiger partial charge in [0, 0.05) is 32.6 Å². The predicted molar refractivity (Wildman–Crippen MR) is 84.9 cm³/mol. The number of ether oxygens (including phenoxy) is 1. The van der Waals surface area contributed by atoms with E-state index in [1.54, 1.807) is 7.11 Å². The van der Waals surface area contributed by atoms with E-state index in [0.717, 1.165) is 44.8 Å². The molecular formula is C17H26N2O2. The van der Waals surface area contributed by atoms with E-state index >= 15 is 0 Å². The van der Waals surface area contributed by atoms with E-state index in [0.29, 0.717) is 12.3 Å². The Morgan fingerprint density at radius 1 is 1.24 bits per heavy atom. The Bertz CT molecular complexity index is 471. The Labute approximate surface area is 127 Å². The van der Waals surface area contributed by atoms with Crippen LogP contribution in [0.5, 0.6) is 5.75 Å². The number of benzene rings is 1. The number of carbonyl (C=O) groups is 1. The number of nitrogens with zero attached hydrogens (tertiary/aromatic N) is 1. The predicted octanol–water partition coefficient (Wildman–Crippen LogP) is 2.07. The molecule has 4 heteroatoms. The molecule has 2 rings (SSSR count). The van der Waals surface area contributed by atoms with Crippen LogP contribution in [0.1, 0.15) is 29.5 Å². The van der Waals surface area contributed by atoms with Crippen molar-refractivity contribution in [3.63, 3.8) is 0 Å². The number of carbonyl (C=O) groups excluding carboxylic acids is 1. The topological polar surface area (TPSA) is 41.6 Å². The highest BCUT2D eigenvalue weighted by atomic mass is 16.5. The molecular weight excluding hydrogens is 264 g/mol. The second kappa shape index (κ2) is 7.46. The molecule has 4 nitrogen and oxygen atoms in total. The molecule has 1 N–H and O–H groups in total. The molecule has 1 amide bonds. The van der Waals surface area contributed by atoms with Gasteiger partial charge in [0.1, 0.15) is 5.75 Å². The average Bonchev–Trinajstić information content (AvgIpc) is 2.50. The summed E-state index contributed by atoms with van der Waals surface area (Å²) in [4.78, 5) is 14.1. The Morgan fingerprint density at radius 2 is 1.86 bits per heavy atom. The molecule has 1 aromatic carbocycles. The molecule has 116 valence electrons. The zero-order chi connectivity index (χ0) is 15.2. The van der Waals surface area contributed by atoms with E-state index in [1.807, 2.05) is 4.90 Å². The zero-order valence-corrected chi connectivity index (χ0v) is 13.4. The average molecular weight is 290 g/mol. The van der Waals surface area contributed by atoms with Crippen LogP contribution >= 0.6 is 0 Å². The van der Waals surface area contributed by atoms with Crippen LogP contribution in [-0.2, 0) is 11.2 Å². The quantitative estimate of drug-likeness (QED) is 0.902. The van der Waals surface area contributed by atoms with Crippen molar-refractivity contribution in [3.8, 4) is 5.75 Å². The highest BCUT2D eigenvalue weighted by Crippen LogP contribution is 2.23. The lowest BCUT2D eigenvalue weighted by atomic mass is 9.97. The first-order valence-electron chi connectivity index (χ1n) is 7.74. The fourth-order valence-corrected chi connectivity index (χ4v) is 2.95. The van der Waals surface area contributed by atoms with Gasteiger partial charge in [-0.2, -0.15) is 0 Å². The second-order valence-electron chi connectivity index (χ2n) is 5.72. The zero-order valence-electron chi connectivity index (χ0n) is 13.4. The summed E-state index contributed by atoms with van der Waals surface area (Å²) >= 11 is 0. The standard InChI is InChI=1S/C17H26N2O2/c1-13-11-15(21-3)12-14(2)16(13)5-4-6-17(20)19-9-7-18-8-10-19/h11-12,18H,4-10H2,1-3H3. The van der Waals surface area contributed by atoms with Crippen LogP contribution in [0.3, 0.4) is 0 Å². The Balaban J connectivity index is 1.87. The number of amides is 1. The van der Waals surface area contributed by atoms with Crippen LogP contribution in [0.2, 0.25) is 0 Å². The first-order valence-corrected chi connectivity index (χ1v) is 7.74. The lowest BCUT2D eigenvalue weighted by Gasteiger charge is -2.27. The lowest BCUT2D eigenvalue weighted by molar-refractivity contribution is -0.131. The molecule has 0 aliphatic carbocycles. The highest BCUT2D eigenvalue weighted by Gasteiger charge is 2.15. The molecule has 1 aliphatic rings. The second-order valence-corrected chi connectivity index (χ2v) is 5.72. The van der Waals surface area contributed by atoms with Crippen molar-refractivity contribution in [3.05, 3.63) is 28.8 Å². The van der Waals surface area contributed by atoms with E-state index < -0.39 is 0 Å². The van der Waals surface area contributed by atoms with E-state index in [4.69, 9.17) is 4.74 Å². The molecule has 1 saturated heterocycles. The third kappa shape index (κ3) is 4.21. The van der Waals surface area contributed by atoms with E-state index in [-0.39, 0.29) is 0 Å². The van der Waals surface area contributed by atoms with Gasteiger partial charge in [-0.1, -0.05) is 0 Å². The van der Waals surface area contributed by atoms with Crippen molar-refractivity contribution < 1.29 is 9.53 Å². The smallest absolute Gasteiger partial charge is 0.222 e. The van der Waals surface area contributed by atoms with Crippen LogP contribution < -0.4 is 10.1 Å². The summed E-state index contributed by atoms with van der Waals surface area (Å²) in [5.41, 5.74) is 3.85. The number of hydrogen-bond acceptors (Lipinski definition) is 3. The summed E-state index contributed by atoms with van der Waals surface area (Å²) < 4.78 is 5.29. The minimum atomic E-state index is 0.292. The number of nitrogens with one attached hydrogen (secondary N) is 1. The minimum Gasteiger partial charge on any atom is -0.497 e. The van der Waals surface area contributed by atoms with Gasteiger partial charge in [0.05, 0.1) is 7.11 Å². The summed E-state index contributed by atoms with van der Waals surface area (Å²) in [6.07, 6.45) is 2.52. The van der Waals surface area contributed by atoms with Crippen LogP contribution in [0, 0.1) is 13.8 Å². The van der Waals surface area contributed by atoms with Crippen LogP contribution in [0.25, 0.3) is 0 Å². The maximum Gasteiger partial charge on any atom is 0.222 e. The van der Waals surface area contributed by atoms with E-state index in [1.165, 1.54) is 16.7 Å². The van der Waals surface area contributed by atoms with Crippen molar-refractivity contribution >= 4 is 5.91 Å². The molecule has 0 unspecified atom stereocenters. The Kier molecular flexibility index (Phi) is 5.62. The van der Waals surface area contributed by atoms with Crippen molar-refractivity contribution in [1.82, 2.24) is 10.2 Å². The van der Waals surface area contributed by atoms with Gasteiger partial charge in [-0.15, -0.1) is 0 Å². The number of methoxy groups -OCH3 is 1. The van der Waals surface area contributed by atoms with E-state index in [9.17, 15) is 4.79 Å². The molecule has 0 atom stereocenters. The molecule has 0 saturated carbocycles. The SMILES string of the molecule is COc1cc(C)c(CCCC(=O)N2CCNCC2)c(C)c1. The highest BCUT2D eigenvalue weighted by molar-refractivity contribution is 5.76. The molecule has 0 aromatic heterocycles. The monoisotopic (exact) mass is 290 g/mol. The van der Waals surface area contributed by atoms with Gasteiger partial charge in [-0.3, -0.25) is 4.79 Å². The molecule has 0 bridgehead atoms. The number of rotatable bonds is 5. The molecule has 21 heavy (non-hydrogen) atoms. The maximum atomic E-state index is 12.1. The number of piperazine rings is 1. The Hall–Kier alpha value is -1.55. The van der Waals surface area contributed by atoms with Gasteiger partial charge in [0.2, 0.25) is 5.91 Å². The van der Waals surface area contributed by atoms with Crippen LogP contribution in [0.15, 0.2) is 12.1 Å².